The van der Waals surface area contributed by atoms with Gasteiger partial charge in [0.15, 0.2) is 18.2 Å². The smallest absolute Gasteiger partial charge is 0.277 e. The van der Waals surface area contributed by atoms with Crippen molar-refractivity contribution in [3.63, 3.8) is 0 Å². The lowest BCUT2D eigenvalue weighted by Gasteiger charge is -2.07. The first-order valence-corrected chi connectivity index (χ1v) is 8.35. The van der Waals surface area contributed by atoms with Crippen molar-refractivity contribution in [2.24, 2.45) is 5.10 Å². The zero-order chi connectivity index (χ0) is 19.2. The van der Waals surface area contributed by atoms with E-state index < -0.39 is 11.7 Å². The first kappa shape index (κ1) is 18.4. The molecule has 3 aromatic rings. The number of rotatable bonds is 6. The number of fused-ring (bicyclic) bond motifs is 1. The molecular formula is C21H19FN2O3. The molecule has 138 valence electrons. The number of nitrogens with one attached hydrogen (secondary N) is 1. The van der Waals surface area contributed by atoms with E-state index in [2.05, 4.69) is 10.5 Å². The van der Waals surface area contributed by atoms with Crippen LogP contribution in [-0.4, -0.2) is 25.3 Å². The molecule has 0 aliphatic rings. The van der Waals surface area contributed by atoms with Crippen molar-refractivity contribution in [1.29, 1.82) is 0 Å². The number of amides is 1. The first-order chi connectivity index (χ1) is 13.1. The summed E-state index contributed by atoms with van der Waals surface area (Å²) in [6.07, 6.45) is 0. The van der Waals surface area contributed by atoms with Gasteiger partial charge >= 0.3 is 0 Å². The van der Waals surface area contributed by atoms with Crippen LogP contribution in [0.3, 0.4) is 0 Å². The van der Waals surface area contributed by atoms with Crippen molar-refractivity contribution in [3.8, 4) is 11.5 Å². The Morgan fingerprint density at radius 1 is 1.07 bits per heavy atom. The van der Waals surface area contributed by atoms with Crippen molar-refractivity contribution in [2.45, 2.75) is 6.92 Å². The molecule has 5 nitrogen and oxygen atoms in total. The number of hydrogen-bond donors (Lipinski definition) is 1. The van der Waals surface area contributed by atoms with E-state index in [1.807, 2.05) is 36.4 Å². The number of para-hydroxylation sites is 1. The Hall–Kier alpha value is -3.41. The lowest BCUT2D eigenvalue weighted by molar-refractivity contribution is -0.123. The third-order valence-corrected chi connectivity index (χ3v) is 4.01. The van der Waals surface area contributed by atoms with E-state index in [9.17, 15) is 9.18 Å². The van der Waals surface area contributed by atoms with Gasteiger partial charge in [0.05, 0.1) is 12.8 Å². The average Bonchev–Trinajstić information content (AvgIpc) is 2.70. The normalized spacial score (nSPS) is 11.3. The van der Waals surface area contributed by atoms with E-state index in [-0.39, 0.29) is 12.4 Å². The van der Waals surface area contributed by atoms with Crippen molar-refractivity contribution < 1.29 is 18.7 Å². The molecule has 0 bridgehead atoms. The molecule has 0 unspecified atom stereocenters. The molecule has 0 atom stereocenters. The van der Waals surface area contributed by atoms with Crippen LogP contribution in [0.1, 0.15) is 12.5 Å². The van der Waals surface area contributed by atoms with Crippen LogP contribution in [-0.2, 0) is 4.79 Å². The third-order valence-electron chi connectivity index (χ3n) is 4.01. The Labute approximate surface area is 156 Å². The van der Waals surface area contributed by atoms with Crippen LogP contribution >= 0.6 is 0 Å². The fraction of sp³-hybridized carbons (Fsp3) is 0.143. The predicted octanol–water partition coefficient (Wildman–Crippen LogP) is 3.91. The summed E-state index contributed by atoms with van der Waals surface area (Å²) in [5.74, 6) is -0.165. The van der Waals surface area contributed by atoms with Gasteiger partial charge in [0.25, 0.3) is 5.91 Å². The van der Waals surface area contributed by atoms with Gasteiger partial charge in [0, 0.05) is 0 Å². The molecule has 0 spiro atoms. The van der Waals surface area contributed by atoms with Crippen LogP contribution in [0, 0.1) is 5.82 Å². The highest BCUT2D eigenvalue weighted by Gasteiger charge is 2.06. The van der Waals surface area contributed by atoms with Gasteiger partial charge in [0.1, 0.15) is 5.75 Å². The van der Waals surface area contributed by atoms with E-state index in [1.165, 1.54) is 12.1 Å². The maximum Gasteiger partial charge on any atom is 0.277 e. The Morgan fingerprint density at radius 3 is 2.59 bits per heavy atom. The largest absolute Gasteiger partial charge is 0.497 e. The van der Waals surface area contributed by atoms with Gasteiger partial charge in [-0.15, -0.1) is 0 Å². The topological polar surface area (TPSA) is 59.9 Å². The molecule has 0 aliphatic heterocycles. The van der Waals surface area contributed by atoms with Gasteiger partial charge < -0.3 is 9.47 Å². The first-order valence-electron chi connectivity index (χ1n) is 8.35. The third kappa shape index (κ3) is 4.61. The van der Waals surface area contributed by atoms with E-state index in [0.717, 1.165) is 22.1 Å². The zero-order valence-corrected chi connectivity index (χ0v) is 15.0. The van der Waals surface area contributed by atoms with Gasteiger partial charge in [0.2, 0.25) is 0 Å². The molecule has 0 heterocycles. The molecule has 1 N–H and O–H groups in total. The molecular weight excluding hydrogens is 347 g/mol. The molecule has 0 aliphatic carbocycles. The number of benzene rings is 3. The highest BCUT2D eigenvalue weighted by Crippen LogP contribution is 2.22. The maximum absolute atomic E-state index is 13.5. The number of nitrogens with zero attached hydrogens (tertiary/aromatic N) is 1. The van der Waals surface area contributed by atoms with Crippen LogP contribution in [0.5, 0.6) is 11.5 Å². The zero-order valence-electron chi connectivity index (χ0n) is 15.0. The quantitative estimate of drug-likeness (QED) is 0.532. The van der Waals surface area contributed by atoms with Gasteiger partial charge in [-0.3, -0.25) is 4.79 Å². The molecule has 3 rings (SSSR count). The second-order valence-corrected chi connectivity index (χ2v) is 5.88. The Kier molecular flexibility index (Phi) is 5.66. The molecule has 3 aromatic carbocycles. The number of hydrogen-bond acceptors (Lipinski definition) is 4. The Balaban J connectivity index is 1.63. The highest BCUT2D eigenvalue weighted by molar-refractivity contribution is 6.02. The number of halogens is 1. The van der Waals surface area contributed by atoms with Gasteiger partial charge in [-0.2, -0.15) is 5.10 Å². The SMILES string of the molecule is COc1ccc2cc(/C(C)=N/NC(=O)COc3ccccc3F)ccc2c1. The minimum Gasteiger partial charge on any atom is -0.497 e. The summed E-state index contributed by atoms with van der Waals surface area (Å²) in [6, 6.07) is 17.6. The maximum atomic E-state index is 13.5. The summed E-state index contributed by atoms with van der Waals surface area (Å²) < 4.78 is 23.8. The van der Waals surface area contributed by atoms with Crippen LogP contribution in [0.2, 0.25) is 0 Å². The van der Waals surface area contributed by atoms with Crippen LogP contribution in [0.4, 0.5) is 4.39 Å². The molecule has 6 heteroatoms. The van der Waals surface area contributed by atoms with E-state index >= 15 is 0 Å². The highest BCUT2D eigenvalue weighted by atomic mass is 19.1. The number of ether oxygens (including phenoxy) is 2. The van der Waals surface area contributed by atoms with E-state index in [1.54, 1.807) is 26.2 Å². The molecule has 0 saturated heterocycles. The summed E-state index contributed by atoms with van der Waals surface area (Å²) in [6.45, 7) is 1.47. The lowest BCUT2D eigenvalue weighted by atomic mass is 10.0. The fourth-order valence-corrected chi connectivity index (χ4v) is 2.52. The van der Waals surface area contributed by atoms with Gasteiger partial charge in [-0.05, 0) is 53.6 Å². The summed E-state index contributed by atoms with van der Waals surface area (Å²) in [5, 5.41) is 6.18. The van der Waals surface area contributed by atoms with Crippen molar-refractivity contribution in [2.75, 3.05) is 13.7 Å². The van der Waals surface area contributed by atoms with Crippen molar-refractivity contribution >= 4 is 22.4 Å². The van der Waals surface area contributed by atoms with E-state index in [0.29, 0.717) is 5.71 Å². The van der Waals surface area contributed by atoms with Crippen molar-refractivity contribution in [1.82, 2.24) is 5.43 Å². The Morgan fingerprint density at radius 2 is 1.81 bits per heavy atom. The van der Waals surface area contributed by atoms with Crippen molar-refractivity contribution in [3.05, 3.63) is 72.0 Å². The summed E-state index contributed by atoms with van der Waals surface area (Å²) >= 11 is 0. The second-order valence-electron chi connectivity index (χ2n) is 5.88. The Bertz CT molecular complexity index is 1000. The average molecular weight is 366 g/mol. The van der Waals surface area contributed by atoms with Gasteiger partial charge in [-0.1, -0.05) is 30.3 Å². The molecule has 0 saturated carbocycles. The fourth-order valence-electron chi connectivity index (χ4n) is 2.52. The molecule has 0 aromatic heterocycles. The predicted molar refractivity (Wildman–Crippen MR) is 103 cm³/mol. The molecule has 0 fully saturated rings. The number of methoxy groups -OCH3 is 1. The summed E-state index contributed by atoms with van der Waals surface area (Å²) in [5.41, 5.74) is 3.94. The lowest BCUT2D eigenvalue weighted by Crippen LogP contribution is -2.25. The molecule has 27 heavy (non-hydrogen) atoms. The number of carbonyl (C=O) groups excluding carboxylic acids is 1. The summed E-state index contributed by atoms with van der Waals surface area (Å²) in [7, 11) is 1.63. The standard InChI is InChI=1S/C21H19FN2O3/c1-14(15-7-8-17-12-18(26-2)10-9-16(17)11-15)23-24-21(25)13-27-20-6-4-3-5-19(20)22/h3-12H,13H2,1-2H3,(H,24,25)/b23-14+. The minimum atomic E-state index is -0.516. The van der Waals surface area contributed by atoms with Gasteiger partial charge in [-0.25, -0.2) is 9.82 Å². The molecule has 1 amide bonds. The molecule has 0 radical (unpaired) electrons. The number of hydrazone groups is 1. The van der Waals surface area contributed by atoms with Crippen LogP contribution in [0.15, 0.2) is 65.8 Å². The monoisotopic (exact) mass is 366 g/mol. The van der Waals surface area contributed by atoms with Crippen LogP contribution < -0.4 is 14.9 Å². The number of carbonyl (C=O) groups is 1. The summed E-state index contributed by atoms with van der Waals surface area (Å²) in [4.78, 5) is 11.9. The van der Waals surface area contributed by atoms with Crippen LogP contribution in [0.25, 0.3) is 10.8 Å². The second kappa shape index (κ2) is 8.31. The van der Waals surface area contributed by atoms with E-state index in [4.69, 9.17) is 9.47 Å². The minimum absolute atomic E-state index is 0.0262.